The van der Waals surface area contributed by atoms with Crippen molar-refractivity contribution in [2.45, 2.75) is 12.8 Å². The van der Waals surface area contributed by atoms with Crippen LogP contribution in [0.25, 0.3) is 16.6 Å². The highest BCUT2D eigenvalue weighted by Gasteiger charge is 2.12. The standard InChI is InChI=1S/C21H16ClN3O/c22-16-9-10-18-19(11-8-15-5-4-12-23-14-15)24-21(26)25(20(18)13-16)17-6-2-1-3-7-17/h1-7,9-10,12-14H,8,11H2. The molecule has 0 spiro atoms. The van der Waals surface area contributed by atoms with Gasteiger partial charge in [0.2, 0.25) is 0 Å². The first-order valence-corrected chi connectivity index (χ1v) is 8.76. The summed E-state index contributed by atoms with van der Waals surface area (Å²) in [7, 11) is 0. The van der Waals surface area contributed by atoms with Crippen molar-refractivity contribution in [3.63, 3.8) is 0 Å². The molecule has 0 amide bonds. The van der Waals surface area contributed by atoms with Crippen LogP contribution in [0.5, 0.6) is 0 Å². The van der Waals surface area contributed by atoms with E-state index in [0.29, 0.717) is 11.4 Å². The molecule has 4 nitrogen and oxygen atoms in total. The van der Waals surface area contributed by atoms with Gasteiger partial charge in [-0.15, -0.1) is 0 Å². The number of rotatable bonds is 4. The molecule has 0 aliphatic carbocycles. The second-order valence-corrected chi connectivity index (χ2v) is 6.47. The first-order chi connectivity index (χ1) is 12.7. The molecule has 0 N–H and O–H groups in total. The molecular weight excluding hydrogens is 346 g/mol. The third kappa shape index (κ3) is 3.24. The van der Waals surface area contributed by atoms with E-state index in [-0.39, 0.29) is 5.69 Å². The van der Waals surface area contributed by atoms with Gasteiger partial charge in [-0.2, -0.15) is 4.98 Å². The molecule has 0 atom stereocenters. The van der Waals surface area contributed by atoms with Gasteiger partial charge < -0.3 is 0 Å². The van der Waals surface area contributed by atoms with E-state index in [9.17, 15) is 4.79 Å². The van der Waals surface area contributed by atoms with Crippen LogP contribution in [0.3, 0.4) is 0 Å². The summed E-state index contributed by atoms with van der Waals surface area (Å²) in [6, 6.07) is 19.0. The van der Waals surface area contributed by atoms with Crippen molar-refractivity contribution < 1.29 is 0 Å². The van der Waals surface area contributed by atoms with Gasteiger partial charge in [-0.3, -0.25) is 9.55 Å². The molecule has 0 radical (unpaired) electrons. The summed E-state index contributed by atoms with van der Waals surface area (Å²) in [5, 5.41) is 1.52. The molecule has 26 heavy (non-hydrogen) atoms. The SMILES string of the molecule is O=c1nc(CCc2cccnc2)c2ccc(Cl)cc2n1-c1ccccc1. The van der Waals surface area contributed by atoms with Gasteiger partial charge in [0.25, 0.3) is 0 Å². The number of pyridine rings is 1. The summed E-state index contributed by atoms with van der Waals surface area (Å²) in [4.78, 5) is 21.3. The van der Waals surface area contributed by atoms with Crippen molar-refractivity contribution in [3.8, 4) is 5.69 Å². The van der Waals surface area contributed by atoms with Crippen molar-refractivity contribution in [2.75, 3.05) is 0 Å². The van der Waals surface area contributed by atoms with Crippen molar-refractivity contribution >= 4 is 22.5 Å². The minimum Gasteiger partial charge on any atom is -0.264 e. The third-order valence-corrected chi connectivity index (χ3v) is 4.56. The molecule has 0 saturated heterocycles. The van der Waals surface area contributed by atoms with Crippen molar-refractivity contribution in [3.05, 3.63) is 99.8 Å². The maximum atomic E-state index is 12.8. The van der Waals surface area contributed by atoms with Crippen LogP contribution in [-0.4, -0.2) is 14.5 Å². The lowest BCUT2D eigenvalue weighted by molar-refractivity contribution is 0.865. The van der Waals surface area contributed by atoms with Crippen molar-refractivity contribution in [1.29, 1.82) is 0 Å². The van der Waals surface area contributed by atoms with Gasteiger partial charge in [-0.1, -0.05) is 35.9 Å². The second-order valence-electron chi connectivity index (χ2n) is 6.03. The minimum atomic E-state index is -0.299. The second kappa shape index (κ2) is 7.10. The summed E-state index contributed by atoms with van der Waals surface area (Å²) in [6.45, 7) is 0. The van der Waals surface area contributed by atoms with Gasteiger partial charge >= 0.3 is 5.69 Å². The van der Waals surface area contributed by atoms with Gasteiger partial charge in [-0.25, -0.2) is 4.79 Å². The van der Waals surface area contributed by atoms with E-state index < -0.39 is 0 Å². The Bertz CT molecular complexity index is 1110. The fourth-order valence-corrected chi connectivity index (χ4v) is 3.25. The Hall–Kier alpha value is -2.98. The Morgan fingerprint density at radius 3 is 2.58 bits per heavy atom. The summed E-state index contributed by atoms with van der Waals surface area (Å²) < 4.78 is 1.61. The molecule has 0 aliphatic rings. The number of hydrogen-bond donors (Lipinski definition) is 0. The lowest BCUT2D eigenvalue weighted by atomic mass is 10.1. The van der Waals surface area contributed by atoms with E-state index in [0.717, 1.165) is 34.3 Å². The van der Waals surface area contributed by atoms with Crippen LogP contribution in [0.4, 0.5) is 0 Å². The number of fused-ring (bicyclic) bond motifs is 1. The monoisotopic (exact) mass is 361 g/mol. The predicted octanol–water partition coefficient (Wildman–Crippen LogP) is 4.22. The number of halogens is 1. The Balaban J connectivity index is 1.84. The lowest BCUT2D eigenvalue weighted by Gasteiger charge is -2.13. The first kappa shape index (κ1) is 16.5. The van der Waals surface area contributed by atoms with Crippen LogP contribution in [0.2, 0.25) is 5.02 Å². The largest absolute Gasteiger partial charge is 0.352 e. The fourth-order valence-electron chi connectivity index (χ4n) is 3.09. The molecule has 0 aliphatic heterocycles. The highest BCUT2D eigenvalue weighted by atomic mass is 35.5. The Morgan fingerprint density at radius 1 is 0.962 bits per heavy atom. The van der Waals surface area contributed by atoms with Crippen LogP contribution in [0.1, 0.15) is 11.3 Å². The van der Waals surface area contributed by atoms with E-state index in [1.807, 2.05) is 66.9 Å². The Morgan fingerprint density at radius 2 is 1.81 bits per heavy atom. The summed E-state index contributed by atoms with van der Waals surface area (Å²) in [6.07, 6.45) is 5.02. The zero-order chi connectivity index (χ0) is 17.9. The maximum Gasteiger partial charge on any atom is 0.352 e. The van der Waals surface area contributed by atoms with E-state index in [2.05, 4.69) is 9.97 Å². The molecule has 128 valence electrons. The molecule has 2 aromatic heterocycles. The van der Waals surface area contributed by atoms with Crippen molar-refractivity contribution in [2.24, 2.45) is 0 Å². The molecule has 0 bridgehead atoms. The minimum absolute atomic E-state index is 0.299. The molecule has 5 heteroatoms. The van der Waals surface area contributed by atoms with Crippen LogP contribution in [0, 0.1) is 0 Å². The van der Waals surface area contributed by atoms with Gasteiger partial charge in [0.1, 0.15) is 0 Å². The van der Waals surface area contributed by atoms with Gasteiger partial charge in [0.15, 0.2) is 0 Å². The number of nitrogens with zero attached hydrogens (tertiary/aromatic N) is 3. The van der Waals surface area contributed by atoms with E-state index >= 15 is 0 Å². The molecule has 4 rings (SSSR count). The highest BCUT2D eigenvalue weighted by molar-refractivity contribution is 6.31. The predicted molar refractivity (Wildman–Crippen MR) is 104 cm³/mol. The van der Waals surface area contributed by atoms with Gasteiger partial charge in [-0.05, 0) is 54.8 Å². The molecule has 2 aromatic carbocycles. The van der Waals surface area contributed by atoms with Crippen LogP contribution in [0.15, 0.2) is 77.9 Å². The number of benzene rings is 2. The summed E-state index contributed by atoms with van der Waals surface area (Å²) in [5.74, 6) is 0. The average Bonchev–Trinajstić information content (AvgIpc) is 2.67. The van der Waals surface area contributed by atoms with Crippen molar-refractivity contribution in [1.82, 2.24) is 14.5 Å². The quantitative estimate of drug-likeness (QED) is 0.546. The van der Waals surface area contributed by atoms with E-state index in [4.69, 9.17) is 11.6 Å². The normalized spacial score (nSPS) is 11.0. The maximum absolute atomic E-state index is 12.8. The first-order valence-electron chi connectivity index (χ1n) is 8.38. The summed E-state index contributed by atoms with van der Waals surface area (Å²) >= 11 is 6.21. The average molecular weight is 362 g/mol. The molecule has 0 fully saturated rings. The zero-order valence-electron chi connectivity index (χ0n) is 14.0. The number of aryl methyl sites for hydroxylation is 2. The molecule has 0 saturated carbocycles. The molecule has 0 unspecified atom stereocenters. The van der Waals surface area contributed by atoms with Gasteiger partial charge in [0, 0.05) is 22.8 Å². The topological polar surface area (TPSA) is 47.8 Å². The summed E-state index contributed by atoms with van der Waals surface area (Å²) in [5.41, 5.74) is 3.13. The highest BCUT2D eigenvalue weighted by Crippen LogP contribution is 2.23. The van der Waals surface area contributed by atoms with E-state index in [1.54, 1.807) is 10.8 Å². The zero-order valence-corrected chi connectivity index (χ0v) is 14.7. The van der Waals surface area contributed by atoms with E-state index in [1.165, 1.54) is 0 Å². The Kier molecular flexibility index (Phi) is 4.50. The van der Waals surface area contributed by atoms with Gasteiger partial charge in [0.05, 0.1) is 16.9 Å². The number of hydrogen-bond acceptors (Lipinski definition) is 3. The molecular formula is C21H16ClN3O. The lowest BCUT2D eigenvalue weighted by Crippen LogP contribution is -2.23. The van der Waals surface area contributed by atoms with Crippen LogP contribution < -0.4 is 5.69 Å². The molecule has 2 heterocycles. The smallest absolute Gasteiger partial charge is 0.264 e. The van der Waals surface area contributed by atoms with Crippen LogP contribution >= 0.6 is 11.6 Å². The Labute approximate surface area is 155 Å². The van der Waals surface area contributed by atoms with Crippen LogP contribution in [-0.2, 0) is 12.8 Å². The number of para-hydroxylation sites is 1. The number of aromatic nitrogens is 3. The molecule has 4 aromatic rings. The third-order valence-electron chi connectivity index (χ3n) is 4.32. The fraction of sp³-hybridized carbons (Fsp3) is 0.0952.